The third-order valence-electron chi connectivity index (χ3n) is 5.19. The fraction of sp³-hybridized carbons (Fsp3) is 0.273. The van der Waals surface area contributed by atoms with Gasteiger partial charge in [0.1, 0.15) is 0 Å². The molecule has 1 heterocycles. The zero-order valence-electron chi connectivity index (χ0n) is 15.2. The first kappa shape index (κ1) is 16.6. The summed E-state index contributed by atoms with van der Waals surface area (Å²) in [5.74, 6) is -0.0381. The van der Waals surface area contributed by atoms with Gasteiger partial charge in [0.05, 0.1) is 28.7 Å². The maximum absolute atomic E-state index is 13.0. The molecule has 0 saturated heterocycles. The second-order valence-electron chi connectivity index (χ2n) is 6.91. The van der Waals surface area contributed by atoms with E-state index in [4.69, 9.17) is 0 Å². The molecule has 1 unspecified atom stereocenters. The first-order valence-electron chi connectivity index (χ1n) is 9.15. The lowest BCUT2D eigenvalue weighted by Gasteiger charge is -2.26. The third kappa shape index (κ3) is 2.92. The molecule has 0 aliphatic heterocycles. The molecule has 4 nitrogen and oxygen atoms in total. The zero-order valence-corrected chi connectivity index (χ0v) is 15.2. The number of nitrogens with one attached hydrogen (secondary N) is 1. The van der Waals surface area contributed by atoms with Crippen molar-refractivity contribution in [3.63, 3.8) is 0 Å². The lowest BCUT2D eigenvalue weighted by molar-refractivity contribution is 0.0931. The number of carbonyl (C=O) groups is 1. The van der Waals surface area contributed by atoms with Crippen molar-refractivity contribution in [2.24, 2.45) is 0 Å². The number of para-hydroxylation sites is 1. The third-order valence-corrected chi connectivity index (χ3v) is 5.19. The van der Waals surface area contributed by atoms with Gasteiger partial charge in [-0.15, -0.1) is 0 Å². The maximum Gasteiger partial charge on any atom is 0.255 e. The summed E-state index contributed by atoms with van der Waals surface area (Å²) in [6.45, 7) is 3.85. The van der Waals surface area contributed by atoms with Crippen LogP contribution in [0.4, 0.5) is 0 Å². The number of hydrogen-bond acceptors (Lipinski definition) is 2. The number of aryl methyl sites for hydroxylation is 2. The van der Waals surface area contributed by atoms with Gasteiger partial charge in [-0.25, -0.2) is 4.68 Å². The normalized spacial score (nSPS) is 16.2. The summed E-state index contributed by atoms with van der Waals surface area (Å²) in [4.78, 5) is 13.0. The van der Waals surface area contributed by atoms with Crippen LogP contribution >= 0.6 is 0 Å². The highest BCUT2D eigenvalue weighted by Gasteiger charge is 2.25. The van der Waals surface area contributed by atoms with Crippen molar-refractivity contribution in [2.45, 2.75) is 39.2 Å². The Hall–Kier alpha value is -2.88. The lowest BCUT2D eigenvalue weighted by atomic mass is 9.87. The molecule has 1 N–H and O–H groups in total. The molecule has 1 aliphatic carbocycles. The number of hydrogen-bond donors (Lipinski definition) is 1. The molecule has 0 radical (unpaired) electrons. The molecule has 0 spiro atoms. The van der Waals surface area contributed by atoms with Crippen LogP contribution in [0.5, 0.6) is 0 Å². The minimum atomic E-state index is -0.0381. The van der Waals surface area contributed by atoms with Gasteiger partial charge in [-0.1, -0.05) is 42.5 Å². The minimum Gasteiger partial charge on any atom is -0.345 e. The van der Waals surface area contributed by atoms with Gasteiger partial charge in [-0.05, 0) is 56.4 Å². The SMILES string of the molecule is Cc1nn(-c2ccccc2)c(C)c1C(=O)NC1CCCc2ccccc21. The van der Waals surface area contributed by atoms with Crippen LogP contribution in [-0.2, 0) is 6.42 Å². The number of amides is 1. The predicted molar refractivity (Wildman–Crippen MR) is 103 cm³/mol. The van der Waals surface area contributed by atoms with Crippen LogP contribution in [0.3, 0.4) is 0 Å². The second-order valence-corrected chi connectivity index (χ2v) is 6.91. The highest BCUT2D eigenvalue weighted by Crippen LogP contribution is 2.30. The summed E-state index contributed by atoms with van der Waals surface area (Å²) in [5, 5.41) is 7.84. The van der Waals surface area contributed by atoms with E-state index < -0.39 is 0 Å². The van der Waals surface area contributed by atoms with Crippen molar-refractivity contribution in [1.29, 1.82) is 0 Å². The Labute approximate surface area is 153 Å². The average Bonchev–Trinajstić information content (AvgIpc) is 2.97. The van der Waals surface area contributed by atoms with Gasteiger partial charge < -0.3 is 5.32 Å². The topological polar surface area (TPSA) is 46.9 Å². The molecule has 4 heteroatoms. The molecule has 132 valence electrons. The molecular formula is C22H23N3O. The van der Waals surface area contributed by atoms with E-state index in [1.165, 1.54) is 11.1 Å². The zero-order chi connectivity index (χ0) is 18.1. The Balaban J connectivity index is 1.63. The van der Waals surface area contributed by atoms with Crippen LogP contribution in [0, 0.1) is 13.8 Å². The molecule has 1 aromatic heterocycles. The summed E-state index contributed by atoms with van der Waals surface area (Å²) in [6.07, 6.45) is 3.17. The summed E-state index contributed by atoms with van der Waals surface area (Å²) in [7, 11) is 0. The molecule has 1 aliphatic rings. The van der Waals surface area contributed by atoms with E-state index in [2.05, 4.69) is 28.6 Å². The molecule has 0 saturated carbocycles. The van der Waals surface area contributed by atoms with Crippen molar-refractivity contribution >= 4 is 5.91 Å². The number of fused-ring (bicyclic) bond motifs is 1. The van der Waals surface area contributed by atoms with Crippen LogP contribution in [0.2, 0.25) is 0 Å². The van der Waals surface area contributed by atoms with Gasteiger partial charge in [0.25, 0.3) is 5.91 Å². The van der Waals surface area contributed by atoms with Crippen LogP contribution in [0.1, 0.15) is 51.8 Å². The maximum atomic E-state index is 13.0. The van der Waals surface area contributed by atoms with Crippen LogP contribution in [0.25, 0.3) is 5.69 Å². The number of carbonyl (C=O) groups excluding carboxylic acids is 1. The minimum absolute atomic E-state index is 0.0381. The Kier molecular flexibility index (Phi) is 4.33. The largest absolute Gasteiger partial charge is 0.345 e. The molecule has 3 aromatic rings. The van der Waals surface area contributed by atoms with Gasteiger partial charge in [0.2, 0.25) is 0 Å². The Morgan fingerprint density at radius 1 is 1.08 bits per heavy atom. The van der Waals surface area contributed by atoms with E-state index >= 15 is 0 Å². The first-order valence-corrected chi connectivity index (χ1v) is 9.15. The van der Waals surface area contributed by atoms with Gasteiger partial charge in [0, 0.05) is 0 Å². The molecule has 1 amide bonds. The fourth-order valence-electron chi connectivity index (χ4n) is 3.93. The monoisotopic (exact) mass is 345 g/mol. The molecule has 4 rings (SSSR count). The van der Waals surface area contributed by atoms with Crippen molar-refractivity contribution in [2.75, 3.05) is 0 Å². The van der Waals surface area contributed by atoms with E-state index in [0.717, 1.165) is 36.3 Å². The standard InChI is InChI=1S/C22H23N3O/c1-15-21(16(2)25(24-15)18-11-4-3-5-12-18)22(26)23-20-14-8-10-17-9-6-7-13-19(17)20/h3-7,9,11-13,20H,8,10,14H2,1-2H3,(H,23,26). The van der Waals surface area contributed by atoms with Gasteiger partial charge in [0.15, 0.2) is 0 Å². The van der Waals surface area contributed by atoms with E-state index in [-0.39, 0.29) is 11.9 Å². The molecule has 2 aromatic carbocycles. The highest BCUT2D eigenvalue weighted by molar-refractivity contribution is 5.96. The number of aromatic nitrogens is 2. The Morgan fingerprint density at radius 2 is 1.81 bits per heavy atom. The first-order chi connectivity index (χ1) is 12.6. The molecule has 0 fully saturated rings. The molecule has 26 heavy (non-hydrogen) atoms. The van der Waals surface area contributed by atoms with Crippen molar-refractivity contribution in [3.05, 3.63) is 82.7 Å². The van der Waals surface area contributed by atoms with Gasteiger partial charge >= 0.3 is 0 Å². The summed E-state index contributed by atoms with van der Waals surface area (Å²) < 4.78 is 1.85. The van der Waals surface area contributed by atoms with Crippen molar-refractivity contribution < 1.29 is 4.79 Å². The highest BCUT2D eigenvalue weighted by atomic mass is 16.1. The van der Waals surface area contributed by atoms with Crippen LogP contribution in [-0.4, -0.2) is 15.7 Å². The van der Waals surface area contributed by atoms with E-state index in [1.807, 2.05) is 54.9 Å². The van der Waals surface area contributed by atoms with E-state index in [0.29, 0.717) is 5.56 Å². The van der Waals surface area contributed by atoms with Gasteiger partial charge in [-0.3, -0.25) is 4.79 Å². The molecular weight excluding hydrogens is 322 g/mol. The van der Waals surface area contributed by atoms with Crippen LogP contribution in [0.15, 0.2) is 54.6 Å². The quantitative estimate of drug-likeness (QED) is 0.769. The van der Waals surface area contributed by atoms with Crippen molar-refractivity contribution in [3.8, 4) is 5.69 Å². The smallest absolute Gasteiger partial charge is 0.255 e. The fourth-order valence-corrected chi connectivity index (χ4v) is 3.93. The number of benzene rings is 2. The summed E-state index contributed by atoms with van der Waals surface area (Å²) in [5.41, 5.74) is 5.87. The molecule has 1 atom stereocenters. The lowest BCUT2D eigenvalue weighted by Crippen LogP contribution is -2.31. The van der Waals surface area contributed by atoms with E-state index in [1.54, 1.807) is 0 Å². The van der Waals surface area contributed by atoms with Gasteiger partial charge in [-0.2, -0.15) is 5.10 Å². The molecule has 0 bridgehead atoms. The second kappa shape index (κ2) is 6.79. The number of nitrogens with zero attached hydrogens (tertiary/aromatic N) is 2. The Bertz CT molecular complexity index is 943. The summed E-state index contributed by atoms with van der Waals surface area (Å²) >= 11 is 0. The number of rotatable bonds is 3. The summed E-state index contributed by atoms with van der Waals surface area (Å²) in [6, 6.07) is 18.4. The average molecular weight is 345 g/mol. The van der Waals surface area contributed by atoms with E-state index in [9.17, 15) is 4.79 Å². The van der Waals surface area contributed by atoms with Crippen molar-refractivity contribution in [1.82, 2.24) is 15.1 Å². The Morgan fingerprint density at radius 3 is 2.62 bits per heavy atom. The van der Waals surface area contributed by atoms with Crippen LogP contribution < -0.4 is 5.32 Å². The predicted octanol–water partition coefficient (Wildman–Crippen LogP) is 4.30.